The Morgan fingerprint density at radius 3 is 3.05 bits per heavy atom. The minimum atomic E-state index is 0.657. The van der Waals surface area contributed by atoms with Crippen molar-refractivity contribution in [1.29, 1.82) is 0 Å². The van der Waals surface area contributed by atoms with Crippen molar-refractivity contribution in [2.45, 2.75) is 13.3 Å². The molecule has 0 radical (unpaired) electrons. The molecule has 1 aliphatic rings. The van der Waals surface area contributed by atoms with Crippen LogP contribution in [0.3, 0.4) is 0 Å². The topological polar surface area (TPSA) is 41.1 Å². The Morgan fingerprint density at radius 1 is 1.35 bits per heavy atom. The molecule has 0 saturated heterocycles. The third-order valence-electron chi connectivity index (χ3n) is 3.41. The van der Waals surface area contributed by atoms with E-state index in [9.17, 15) is 0 Å². The van der Waals surface area contributed by atoms with E-state index in [2.05, 4.69) is 51.0 Å². The van der Waals surface area contributed by atoms with E-state index in [4.69, 9.17) is 0 Å². The highest BCUT2D eigenvalue weighted by Crippen LogP contribution is 2.33. The molecule has 1 aromatic heterocycles. The van der Waals surface area contributed by atoms with E-state index >= 15 is 0 Å². The highest BCUT2D eigenvalue weighted by atomic mass is 15.2. The van der Waals surface area contributed by atoms with Crippen LogP contribution in [0.2, 0.25) is 0 Å². The normalized spacial score (nSPS) is 13.2. The van der Waals surface area contributed by atoms with E-state index in [0.29, 0.717) is 12.5 Å². The van der Waals surface area contributed by atoms with Gasteiger partial charge in [0.2, 0.25) is 5.95 Å². The smallest absolute Gasteiger partial charge is 0.225 e. The average molecular weight is 266 g/mol. The van der Waals surface area contributed by atoms with Gasteiger partial charge in [0.1, 0.15) is 5.82 Å². The summed E-state index contributed by atoms with van der Waals surface area (Å²) >= 11 is 0. The number of fused-ring (bicyclic) bond motifs is 1. The van der Waals surface area contributed by atoms with Crippen molar-refractivity contribution in [2.75, 3.05) is 23.3 Å². The minimum Gasteiger partial charge on any atom is -0.351 e. The van der Waals surface area contributed by atoms with Crippen molar-refractivity contribution in [3.8, 4) is 0 Å². The molecule has 2 aromatic rings. The predicted octanol–water partition coefficient (Wildman–Crippen LogP) is 3.08. The van der Waals surface area contributed by atoms with Gasteiger partial charge in [-0.3, -0.25) is 0 Å². The second-order valence-corrected chi connectivity index (χ2v) is 4.89. The number of rotatable bonds is 4. The van der Waals surface area contributed by atoms with Gasteiger partial charge in [-0.05, 0) is 25.0 Å². The molecule has 102 valence electrons. The van der Waals surface area contributed by atoms with Crippen molar-refractivity contribution in [3.05, 3.63) is 54.2 Å². The third kappa shape index (κ3) is 2.37. The number of para-hydroxylation sites is 1. The first kappa shape index (κ1) is 12.7. The molecule has 0 amide bonds. The third-order valence-corrected chi connectivity index (χ3v) is 3.41. The van der Waals surface area contributed by atoms with Crippen molar-refractivity contribution in [1.82, 2.24) is 9.97 Å². The second kappa shape index (κ2) is 5.33. The first-order valence-electron chi connectivity index (χ1n) is 6.84. The van der Waals surface area contributed by atoms with E-state index in [1.54, 1.807) is 6.08 Å². The monoisotopic (exact) mass is 266 g/mol. The Bertz CT molecular complexity index is 636. The lowest BCUT2D eigenvalue weighted by atomic mass is 10.2. The number of hydrogen-bond donors (Lipinski definition) is 1. The van der Waals surface area contributed by atoms with E-state index in [1.165, 1.54) is 11.3 Å². The van der Waals surface area contributed by atoms with E-state index < -0.39 is 0 Å². The summed E-state index contributed by atoms with van der Waals surface area (Å²) in [7, 11) is 0. The zero-order valence-electron chi connectivity index (χ0n) is 11.6. The van der Waals surface area contributed by atoms with E-state index in [-0.39, 0.29) is 0 Å². The lowest BCUT2D eigenvalue weighted by Gasteiger charge is -2.19. The lowest BCUT2D eigenvalue weighted by Crippen LogP contribution is -2.16. The highest BCUT2D eigenvalue weighted by Gasteiger charge is 2.21. The van der Waals surface area contributed by atoms with Gasteiger partial charge in [0.25, 0.3) is 0 Å². The number of nitrogens with zero attached hydrogens (tertiary/aromatic N) is 3. The number of hydrogen-bond acceptors (Lipinski definition) is 4. The van der Waals surface area contributed by atoms with Crippen LogP contribution in [0.5, 0.6) is 0 Å². The van der Waals surface area contributed by atoms with Gasteiger partial charge in [-0.15, -0.1) is 6.58 Å². The van der Waals surface area contributed by atoms with Crippen molar-refractivity contribution in [2.24, 2.45) is 0 Å². The summed E-state index contributed by atoms with van der Waals surface area (Å²) in [5.74, 6) is 1.61. The summed E-state index contributed by atoms with van der Waals surface area (Å²) in [5, 5.41) is 3.16. The first-order chi connectivity index (χ1) is 9.78. The molecule has 0 spiro atoms. The fourth-order valence-electron chi connectivity index (χ4n) is 2.51. The molecule has 0 fully saturated rings. The van der Waals surface area contributed by atoms with Gasteiger partial charge in [-0.1, -0.05) is 24.3 Å². The van der Waals surface area contributed by atoms with Crippen LogP contribution in [0.4, 0.5) is 17.5 Å². The molecule has 0 aliphatic carbocycles. The quantitative estimate of drug-likeness (QED) is 0.863. The van der Waals surface area contributed by atoms with Gasteiger partial charge in [-0.25, -0.2) is 4.98 Å². The molecule has 0 unspecified atom stereocenters. The summed E-state index contributed by atoms with van der Waals surface area (Å²) in [6, 6.07) is 10.5. The molecule has 0 saturated carbocycles. The number of benzene rings is 1. The minimum absolute atomic E-state index is 0.657. The molecule has 4 heteroatoms. The van der Waals surface area contributed by atoms with Gasteiger partial charge in [0.05, 0.1) is 0 Å². The predicted molar refractivity (Wildman–Crippen MR) is 82.6 cm³/mol. The zero-order valence-corrected chi connectivity index (χ0v) is 11.6. The van der Waals surface area contributed by atoms with Crippen LogP contribution in [0.1, 0.15) is 11.3 Å². The maximum absolute atomic E-state index is 4.61. The molecule has 4 nitrogen and oxygen atoms in total. The van der Waals surface area contributed by atoms with Gasteiger partial charge >= 0.3 is 0 Å². The van der Waals surface area contributed by atoms with Gasteiger partial charge < -0.3 is 10.2 Å². The van der Waals surface area contributed by atoms with Gasteiger partial charge in [0, 0.05) is 30.5 Å². The van der Waals surface area contributed by atoms with Crippen LogP contribution in [0, 0.1) is 6.92 Å². The fraction of sp³-hybridized carbons (Fsp3) is 0.250. The fourth-order valence-corrected chi connectivity index (χ4v) is 2.51. The van der Waals surface area contributed by atoms with E-state index in [1.807, 2.05) is 13.0 Å². The average Bonchev–Trinajstić information content (AvgIpc) is 2.88. The van der Waals surface area contributed by atoms with Crippen LogP contribution in [0.25, 0.3) is 0 Å². The summed E-state index contributed by atoms with van der Waals surface area (Å²) in [6.45, 7) is 7.33. The van der Waals surface area contributed by atoms with Crippen LogP contribution >= 0.6 is 0 Å². The SMILES string of the molecule is C=CCNc1nc(C)cc(N2CCc3ccccc32)n1. The Labute approximate surface area is 119 Å². The summed E-state index contributed by atoms with van der Waals surface area (Å²) in [5.41, 5.74) is 3.59. The van der Waals surface area contributed by atoms with Crippen LogP contribution in [-0.2, 0) is 6.42 Å². The molecule has 3 rings (SSSR count). The lowest BCUT2D eigenvalue weighted by molar-refractivity contribution is 0.955. The Kier molecular flexibility index (Phi) is 3.37. The number of aryl methyl sites for hydroxylation is 1. The van der Waals surface area contributed by atoms with Crippen LogP contribution in [-0.4, -0.2) is 23.1 Å². The van der Waals surface area contributed by atoms with Crippen LogP contribution in [0.15, 0.2) is 43.0 Å². The van der Waals surface area contributed by atoms with Crippen molar-refractivity contribution in [3.63, 3.8) is 0 Å². The Morgan fingerprint density at radius 2 is 2.20 bits per heavy atom. The molecule has 2 heterocycles. The maximum atomic E-state index is 4.61. The second-order valence-electron chi connectivity index (χ2n) is 4.89. The Balaban J connectivity index is 1.95. The number of nitrogens with one attached hydrogen (secondary N) is 1. The molecule has 0 atom stereocenters. The largest absolute Gasteiger partial charge is 0.351 e. The molecule has 0 bridgehead atoms. The summed E-state index contributed by atoms with van der Waals surface area (Å²) < 4.78 is 0. The molecular formula is C16H18N4. The first-order valence-corrected chi connectivity index (χ1v) is 6.84. The molecule has 1 aromatic carbocycles. The molecular weight excluding hydrogens is 248 g/mol. The van der Waals surface area contributed by atoms with Gasteiger partial charge in [0.15, 0.2) is 0 Å². The van der Waals surface area contributed by atoms with Crippen molar-refractivity contribution < 1.29 is 0 Å². The maximum Gasteiger partial charge on any atom is 0.225 e. The highest BCUT2D eigenvalue weighted by molar-refractivity contribution is 5.68. The molecule has 20 heavy (non-hydrogen) atoms. The zero-order chi connectivity index (χ0) is 13.9. The van der Waals surface area contributed by atoms with Crippen molar-refractivity contribution >= 4 is 17.5 Å². The molecule has 1 aliphatic heterocycles. The number of anilines is 3. The van der Waals surface area contributed by atoms with Gasteiger partial charge in [-0.2, -0.15) is 4.98 Å². The standard InChI is InChI=1S/C16H18N4/c1-3-9-17-16-18-12(2)11-15(19-16)20-10-8-13-6-4-5-7-14(13)20/h3-7,11H,1,8-10H2,2H3,(H,17,18,19). The molecule has 1 N–H and O–H groups in total. The van der Waals surface area contributed by atoms with Crippen LogP contribution < -0.4 is 10.2 Å². The summed E-state index contributed by atoms with van der Waals surface area (Å²) in [6.07, 6.45) is 2.87. The number of aromatic nitrogens is 2. The summed E-state index contributed by atoms with van der Waals surface area (Å²) in [4.78, 5) is 11.3. The van der Waals surface area contributed by atoms with E-state index in [0.717, 1.165) is 24.5 Å². The Hall–Kier alpha value is -2.36.